The van der Waals surface area contributed by atoms with Gasteiger partial charge in [0, 0.05) is 49.0 Å². The lowest BCUT2D eigenvalue weighted by atomic mass is 9.90. The first-order chi connectivity index (χ1) is 32.1. The molecule has 0 radical (unpaired) electrons. The topological polar surface area (TPSA) is 65.2 Å². The van der Waals surface area contributed by atoms with Crippen molar-refractivity contribution in [2.45, 2.75) is 12.8 Å². The van der Waals surface area contributed by atoms with Gasteiger partial charge in [0.2, 0.25) is 0 Å². The van der Waals surface area contributed by atoms with Crippen molar-refractivity contribution in [3.05, 3.63) is 205 Å². The number of para-hydroxylation sites is 4. The van der Waals surface area contributed by atoms with Crippen molar-refractivity contribution >= 4 is 65.8 Å². The molecule has 13 aromatic rings. The molecule has 0 unspecified atom stereocenters. The van der Waals surface area contributed by atoms with E-state index in [2.05, 4.69) is 158 Å². The molecule has 5 heteroatoms. The number of aryl methyl sites for hydroxylation is 2. The number of hydrogen-bond acceptors (Lipinski definition) is 5. The third-order valence-corrected chi connectivity index (χ3v) is 13.4. The molecule has 8 aromatic carbocycles. The number of benzene rings is 8. The third-order valence-electron chi connectivity index (χ3n) is 13.4. The Morgan fingerprint density at radius 3 is 1.32 bits per heavy atom. The van der Waals surface area contributed by atoms with E-state index in [1.54, 1.807) is 0 Å². The van der Waals surface area contributed by atoms with Crippen LogP contribution >= 0.6 is 0 Å². The Morgan fingerprint density at radius 1 is 0.292 bits per heavy atom. The minimum Gasteiger partial charge on any atom is -0.456 e. The average molecular weight is 833 g/mol. The smallest absolute Gasteiger partial charge is 0.143 e. The van der Waals surface area contributed by atoms with Crippen molar-refractivity contribution in [1.82, 2.24) is 9.97 Å². The van der Waals surface area contributed by atoms with Crippen LogP contribution in [0.2, 0.25) is 0 Å². The summed E-state index contributed by atoms with van der Waals surface area (Å²) in [4.78, 5) is 10.9. The minimum atomic E-state index is 0.877. The molecule has 0 fully saturated rings. The Bertz CT molecular complexity index is 3940. The van der Waals surface area contributed by atoms with Gasteiger partial charge < -0.3 is 13.3 Å². The van der Waals surface area contributed by atoms with Crippen LogP contribution in [0.5, 0.6) is 0 Å². The molecule has 0 saturated heterocycles. The van der Waals surface area contributed by atoms with Crippen LogP contribution in [0.1, 0.15) is 11.1 Å². The summed E-state index contributed by atoms with van der Waals surface area (Å²) >= 11 is 0. The van der Waals surface area contributed by atoms with Gasteiger partial charge in [-0.15, -0.1) is 0 Å². The van der Waals surface area contributed by atoms with E-state index in [-0.39, 0.29) is 0 Å². The number of nitrogens with zero attached hydrogens (tertiary/aromatic N) is 2. The number of hydrogen-bond donors (Lipinski definition) is 0. The highest BCUT2D eigenvalue weighted by molar-refractivity contribution is 6.10. The van der Waals surface area contributed by atoms with E-state index in [0.29, 0.717) is 0 Å². The molecule has 5 nitrogen and oxygen atoms in total. The highest BCUT2D eigenvalue weighted by Crippen LogP contribution is 2.41. The first-order valence-corrected chi connectivity index (χ1v) is 22.2. The van der Waals surface area contributed by atoms with Crippen LogP contribution in [0.4, 0.5) is 0 Å². The second kappa shape index (κ2) is 14.0. The summed E-state index contributed by atoms with van der Waals surface area (Å²) in [5.41, 5.74) is 20.2. The molecule has 0 aliphatic heterocycles. The molecular formula is C60H36N2O3. The monoisotopic (exact) mass is 832 g/mol. The Labute approximate surface area is 372 Å². The molecule has 0 spiro atoms. The van der Waals surface area contributed by atoms with Gasteiger partial charge in [-0.1, -0.05) is 121 Å². The quantitative estimate of drug-likeness (QED) is 0.173. The number of aromatic nitrogens is 2. The van der Waals surface area contributed by atoms with Crippen molar-refractivity contribution in [3.8, 4) is 67.3 Å². The lowest BCUT2D eigenvalue weighted by Crippen LogP contribution is -2.08. The van der Waals surface area contributed by atoms with Crippen LogP contribution in [-0.4, -0.2) is 9.97 Å². The van der Waals surface area contributed by atoms with Gasteiger partial charge in [0.1, 0.15) is 33.5 Å². The lowest BCUT2D eigenvalue weighted by molar-refractivity contribution is 0.668. The second-order valence-corrected chi connectivity index (χ2v) is 17.2. The molecule has 14 rings (SSSR count). The van der Waals surface area contributed by atoms with Gasteiger partial charge in [-0.2, -0.15) is 0 Å². The van der Waals surface area contributed by atoms with Gasteiger partial charge in [0.05, 0.1) is 22.8 Å². The van der Waals surface area contributed by atoms with Gasteiger partial charge in [-0.25, -0.2) is 9.97 Å². The first-order valence-electron chi connectivity index (χ1n) is 22.2. The fraction of sp³-hybridized carbons (Fsp3) is 0.0333. The summed E-state index contributed by atoms with van der Waals surface area (Å²) < 4.78 is 18.8. The largest absolute Gasteiger partial charge is 0.456 e. The molecule has 5 aromatic heterocycles. The average Bonchev–Trinajstić information content (AvgIpc) is 4.07. The number of pyridine rings is 2. The van der Waals surface area contributed by atoms with Crippen molar-refractivity contribution < 1.29 is 13.3 Å². The Morgan fingerprint density at radius 2 is 0.738 bits per heavy atom. The summed E-state index contributed by atoms with van der Waals surface area (Å²) in [7, 11) is 0. The second-order valence-electron chi connectivity index (χ2n) is 17.2. The van der Waals surface area contributed by atoms with E-state index in [0.717, 1.165) is 146 Å². The van der Waals surface area contributed by atoms with Gasteiger partial charge in [0.15, 0.2) is 0 Å². The predicted octanol–water partition coefficient (Wildman–Crippen LogP) is 16.3. The zero-order valence-electron chi connectivity index (χ0n) is 35.0. The molecule has 0 amide bonds. The first kappa shape index (κ1) is 36.0. The van der Waals surface area contributed by atoms with Crippen LogP contribution in [0.3, 0.4) is 0 Å². The van der Waals surface area contributed by atoms with E-state index < -0.39 is 0 Å². The highest BCUT2D eigenvalue weighted by Gasteiger charge is 2.22. The lowest BCUT2D eigenvalue weighted by Gasteiger charge is -2.20. The zero-order valence-corrected chi connectivity index (χ0v) is 35.0. The molecule has 0 saturated carbocycles. The maximum absolute atomic E-state index is 6.37. The molecule has 65 heavy (non-hydrogen) atoms. The molecule has 0 bridgehead atoms. The van der Waals surface area contributed by atoms with E-state index in [1.807, 2.05) is 36.4 Å². The molecule has 5 heterocycles. The van der Waals surface area contributed by atoms with Crippen LogP contribution < -0.4 is 0 Å². The minimum absolute atomic E-state index is 0.877. The van der Waals surface area contributed by atoms with Crippen LogP contribution in [0.15, 0.2) is 207 Å². The predicted molar refractivity (Wildman–Crippen MR) is 264 cm³/mol. The van der Waals surface area contributed by atoms with Crippen molar-refractivity contribution in [3.63, 3.8) is 0 Å². The van der Waals surface area contributed by atoms with Crippen molar-refractivity contribution in [2.75, 3.05) is 0 Å². The Balaban J connectivity index is 0.874. The van der Waals surface area contributed by atoms with Crippen LogP contribution in [0.25, 0.3) is 133 Å². The van der Waals surface area contributed by atoms with E-state index in [1.165, 1.54) is 11.1 Å². The van der Waals surface area contributed by atoms with Crippen LogP contribution in [0, 0.1) is 0 Å². The standard InChI is InChI=1S/C60H36N2O3/c1-6-15-55-45(8-1)48-12-7-11-44(60(48)65-55)35-16-18-36(19-17-35)51-26-22-37-20-21-38-23-27-52(62-59(38)58(37)61-51)43-31-41(39-24-28-56-49(33-39)46-9-2-4-13-53(46)63-56)30-42(32-43)40-25-29-57-50(34-40)47-10-3-5-14-54(47)64-57/h1-19,22-34H,20-21H2. The Kier molecular flexibility index (Phi) is 7.74. The number of rotatable bonds is 5. The SMILES string of the molecule is c1ccc2c(c1)oc1ccc(-c3cc(-c4ccc5oc6ccccc6c5c4)cc(-c4ccc5c(n4)-c4nc(-c6ccc(-c7cccc8c7oc7ccccc78)cc6)ccc4CC5)c3)cc12. The molecular weight excluding hydrogens is 797 g/mol. The zero-order chi connectivity index (χ0) is 42.6. The van der Waals surface area contributed by atoms with Gasteiger partial charge in [-0.3, -0.25) is 0 Å². The molecule has 304 valence electrons. The normalized spacial score (nSPS) is 12.5. The Hall–Kier alpha value is -8.54. The molecule has 0 N–H and O–H groups in total. The van der Waals surface area contributed by atoms with Gasteiger partial charge >= 0.3 is 0 Å². The summed E-state index contributed by atoms with van der Waals surface area (Å²) in [5, 5.41) is 6.67. The maximum Gasteiger partial charge on any atom is 0.143 e. The number of furan rings is 3. The van der Waals surface area contributed by atoms with Gasteiger partial charge in [-0.05, 0) is 125 Å². The fourth-order valence-corrected chi connectivity index (χ4v) is 10.1. The highest BCUT2D eigenvalue weighted by atomic mass is 16.3. The van der Waals surface area contributed by atoms with Crippen molar-refractivity contribution in [2.24, 2.45) is 0 Å². The number of fused-ring (bicyclic) bond motifs is 12. The maximum atomic E-state index is 6.37. The fourth-order valence-electron chi connectivity index (χ4n) is 10.1. The summed E-state index contributed by atoms with van der Waals surface area (Å²) in [5.74, 6) is 0. The van der Waals surface area contributed by atoms with E-state index in [9.17, 15) is 0 Å². The van der Waals surface area contributed by atoms with E-state index >= 15 is 0 Å². The molecule has 1 aliphatic rings. The summed E-state index contributed by atoms with van der Waals surface area (Å²) in [6.07, 6.45) is 1.84. The van der Waals surface area contributed by atoms with Gasteiger partial charge in [0.25, 0.3) is 0 Å². The molecule has 0 atom stereocenters. The van der Waals surface area contributed by atoms with Crippen LogP contribution in [-0.2, 0) is 12.8 Å². The summed E-state index contributed by atoms with van der Waals surface area (Å²) in [6.45, 7) is 0. The van der Waals surface area contributed by atoms with E-state index in [4.69, 9.17) is 23.2 Å². The molecule has 1 aliphatic carbocycles. The van der Waals surface area contributed by atoms with Crippen molar-refractivity contribution in [1.29, 1.82) is 0 Å². The third kappa shape index (κ3) is 5.79. The summed E-state index contributed by atoms with van der Waals surface area (Å²) in [6, 6.07) is 68.4.